The number of hydrogen-bond acceptors (Lipinski definition) is 4. The Morgan fingerprint density at radius 3 is 2.57 bits per heavy atom. The van der Waals surface area contributed by atoms with Crippen LogP contribution >= 0.6 is 0 Å². The lowest BCUT2D eigenvalue weighted by molar-refractivity contribution is -0.122. The van der Waals surface area contributed by atoms with Gasteiger partial charge in [0.15, 0.2) is 0 Å². The average Bonchev–Trinajstić information content (AvgIpc) is 2.52. The average molecular weight is 292 g/mol. The van der Waals surface area contributed by atoms with E-state index in [0.717, 1.165) is 37.2 Å². The zero-order chi connectivity index (χ0) is 15.1. The van der Waals surface area contributed by atoms with Crippen LogP contribution in [-0.2, 0) is 27.4 Å². The molecule has 0 saturated carbocycles. The Morgan fingerprint density at radius 1 is 1.33 bits per heavy atom. The third-order valence-corrected chi connectivity index (χ3v) is 3.56. The van der Waals surface area contributed by atoms with Gasteiger partial charge in [-0.2, -0.15) is 0 Å². The van der Waals surface area contributed by atoms with Gasteiger partial charge in [0.25, 0.3) is 0 Å². The molecule has 5 nitrogen and oxygen atoms in total. The predicted octanol–water partition coefficient (Wildman–Crippen LogP) is 1.35. The molecule has 21 heavy (non-hydrogen) atoms. The first-order valence-corrected chi connectivity index (χ1v) is 7.45. The Labute approximate surface area is 125 Å². The van der Waals surface area contributed by atoms with Gasteiger partial charge in [0, 0.05) is 19.8 Å². The fourth-order valence-corrected chi connectivity index (χ4v) is 2.16. The van der Waals surface area contributed by atoms with Crippen LogP contribution in [0.15, 0.2) is 24.3 Å². The highest BCUT2D eigenvalue weighted by Gasteiger charge is 2.13. The third-order valence-electron chi connectivity index (χ3n) is 3.56. The Kier molecular flexibility index (Phi) is 6.17. The molecule has 1 unspecified atom stereocenters. The van der Waals surface area contributed by atoms with Crippen molar-refractivity contribution in [2.45, 2.75) is 45.1 Å². The molecule has 1 aliphatic heterocycles. The van der Waals surface area contributed by atoms with Crippen molar-refractivity contribution in [2.75, 3.05) is 13.2 Å². The van der Waals surface area contributed by atoms with Gasteiger partial charge in [-0.1, -0.05) is 24.3 Å². The quantitative estimate of drug-likeness (QED) is 0.830. The summed E-state index contributed by atoms with van der Waals surface area (Å²) in [6.45, 7) is 4.39. The molecule has 0 aromatic heterocycles. The van der Waals surface area contributed by atoms with Gasteiger partial charge in [-0.25, -0.2) is 0 Å². The van der Waals surface area contributed by atoms with E-state index in [4.69, 9.17) is 15.2 Å². The molecule has 3 N–H and O–H groups in total. The zero-order valence-electron chi connectivity index (χ0n) is 12.5. The van der Waals surface area contributed by atoms with Gasteiger partial charge < -0.3 is 20.5 Å². The van der Waals surface area contributed by atoms with Gasteiger partial charge in [-0.05, 0) is 30.9 Å². The minimum atomic E-state index is -0.475. The fourth-order valence-electron chi connectivity index (χ4n) is 2.16. The number of amides is 1. The summed E-state index contributed by atoms with van der Waals surface area (Å²) in [5, 5.41) is 2.79. The van der Waals surface area contributed by atoms with E-state index in [2.05, 4.69) is 5.32 Å². The molecular weight excluding hydrogens is 268 g/mol. The van der Waals surface area contributed by atoms with Gasteiger partial charge in [0.2, 0.25) is 5.91 Å². The van der Waals surface area contributed by atoms with E-state index in [1.54, 1.807) is 6.92 Å². The second-order valence-electron chi connectivity index (χ2n) is 5.45. The maximum atomic E-state index is 11.4. The van der Waals surface area contributed by atoms with Crippen LogP contribution in [0.1, 0.15) is 30.9 Å². The number of nitrogens with one attached hydrogen (secondary N) is 1. The van der Waals surface area contributed by atoms with E-state index in [-0.39, 0.29) is 5.91 Å². The van der Waals surface area contributed by atoms with Crippen LogP contribution in [0.3, 0.4) is 0 Å². The Bertz CT molecular complexity index is 439. The van der Waals surface area contributed by atoms with E-state index in [1.165, 1.54) is 0 Å². The fraction of sp³-hybridized carbons (Fsp3) is 0.562. The van der Waals surface area contributed by atoms with Gasteiger partial charge in [0.05, 0.1) is 18.8 Å². The summed E-state index contributed by atoms with van der Waals surface area (Å²) in [7, 11) is 0. The van der Waals surface area contributed by atoms with Crippen LogP contribution in [0.2, 0.25) is 0 Å². The van der Waals surface area contributed by atoms with Gasteiger partial charge in [0.1, 0.15) is 0 Å². The first-order valence-electron chi connectivity index (χ1n) is 7.45. The summed E-state index contributed by atoms with van der Waals surface area (Å²) in [5.41, 5.74) is 7.69. The van der Waals surface area contributed by atoms with Crippen molar-refractivity contribution in [1.82, 2.24) is 5.32 Å². The van der Waals surface area contributed by atoms with Crippen LogP contribution in [0, 0.1) is 0 Å². The lowest BCUT2D eigenvalue weighted by Gasteiger charge is -2.22. The minimum Gasteiger partial charge on any atom is -0.381 e. The molecule has 1 aliphatic rings. The molecule has 2 rings (SSSR count). The summed E-state index contributed by atoms with van der Waals surface area (Å²) < 4.78 is 11.2. The normalized spacial score (nSPS) is 17.4. The topological polar surface area (TPSA) is 73.6 Å². The van der Waals surface area contributed by atoms with Crippen LogP contribution in [0.25, 0.3) is 0 Å². The number of carbonyl (C=O) groups excluding carboxylic acids is 1. The molecule has 1 aromatic rings. The molecule has 0 radical (unpaired) electrons. The summed E-state index contributed by atoms with van der Waals surface area (Å²) in [5.74, 6) is -0.137. The van der Waals surface area contributed by atoms with E-state index in [9.17, 15) is 4.79 Å². The van der Waals surface area contributed by atoms with Crippen molar-refractivity contribution in [3.8, 4) is 0 Å². The second-order valence-corrected chi connectivity index (χ2v) is 5.45. The summed E-state index contributed by atoms with van der Waals surface area (Å²) in [6, 6.07) is 7.60. The Hall–Kier alpha value is -1.43. The number of hydrogen-bond donors (Lipinski definition) is 2. The number of benzene rings is 1. The molecular formula is C16H24N2O3. The Morgan fingerprint density at radius 2 is 1.95 bits per heavy atom. The van der Waals surface area contributed by atoms with Crippen molar-refractivity contribution in [2.24, 2.45) is 5.73 Å². The van der Waals surface area contributed by atoms with Crippen molar-refractivity contribution in [1.29, 1.82) is 0 Å². The molecule has 1 aromatic carbocycles. The second kappa shape index (κ2) is 8.12. The summed E-state index contributed by atoms with van der Waals surface area (Å²) >= 11 is 0. The number of rotatable bonds is 6. The van der Waals surface area contributed by atoms with Crippen LogP contribution in [0.5, 0.6) is 0 Å². The first kappa shape index (κ1) is 15.9. The van der Waals surface area contributed by atoms with Crippen molar-refractivity contribution < 1.29 is 14.3 Å². The minimum absolute atomic E-state index is 0.137. The lowest BCUT2D eigenvalue weighted by atomic mass is 10.1. The van der Waals surface area contributed by atoms with E-state index < -0.39 is 6.04 Å². The first-order chi connectivity index (χ1) is 10.1. The standard InChI is InChI=1S/C16H24N2O3/c1-12(17)16(19)18-10-13-2-4-14(5-3-13)11-21-15-6-8-20-9-7-15/h2-5,12,15H,6-11,17H2,1H3,(H,18,19). The van der Waals surface area contributed by atoms with Gasteiger partial charge >= 0.3 is 0 Å². The molecule has 1 atom stereocenters. The van der Waals surface area contributed by atoms with E-state index >= 15 is 0 Å². The number of carbonyl (C=O) groups is 1. The highest BCUT2D eigenvalue weighted by molar-refractivity contribution is 5.80. The maximum absolute atomic E-state index is 11.4. The SMILES string of the molecule is CC(N)C(=O)NCc1ccc(COC2CCOCC2)cc1. The smallest absolute Gasteiger partial charge is 0.236 e. The number of ether oxygens (including phenoxy) is 2. The molecule has 1 amide bonds. The van der Waals surface area contributed by atoms with Gasteiger partial charge in [-0.15, -0.1) is 0 Å². The largest absolute Gasteiger partial charge is 0.381 e. The third kappa shape index (κ3) is 5.46. The summed E-state index contributed by atoms with van der Waals surface area (Å²) in [6.07, 6.45) is 2.26. The van der Waals surface area contributed by atoms with Crippen molar-refractivity contribution in [3.05, 3.63) is 35.4 Å². The molecule has 5 heteroatoms. The molecule has 0 spiro atoms. The molecule has 0 bridgehead atoms. The summed E-state index contributed by atoms with van der Waals surface area (Å²) in [4.78, 5) is 11.4. The monoisotopic (exact) mass is 292 g/mol. The van der Waals surface area contributed by atoms with E-state index in [0.29, 0.717) is 19.3 Å². The highest BCUT2D eigenvalue weighted by Crippen LogP contribution is 2.14. The molecule has 0 aliphatic carbocycles. The highest BCUT2D eigenvalue weighted by atomic mass is 16.5. The van der Waals surface area contributed by atoms with Crippen LogP contribution in [0.4, 0.5) is 0 Å². The predicted molar refractivity (Wildman–Crippen MR) is 80.6 cm³/mol. The molecule has 1 saturated heterocycles. The van der Waals surface area contributed by atoms with Crippen LogP contribution < -0.4 is 11.1 Å². The van der Waals surface area contributed by atoms with Crippen LogP contribution in [-0.4, -0.2) is 31.3 Å². The number of nitrogens with two attached hydrogens (primary N) is 1. The molecule has 116 valence electrons. The lowest BCUT2D eigenvalue weighted by Crippen LogP contribution is -2.37. The zero-order valence-corrected chi connectivity index (χ0v) is 12.5. The molecule has 1 heterocycles. The van der Waals surface area contributed by atoms with E-state index in [1.807, 2.05) is 24.3 Å². The van der Waals surface area contributed by atoms with Crippen molar-refractivity contribution in [3.63, 3.8) is 0 Å². The van der Waals surface area contributed by atoms with Crippen molar-refractivity contribution >= 4 is 5.91 Å². The molecule has 1 fully saturated rings. The Balaban J connectivity index is 1.74. The maximum Gasteiger partial charge on any atom is 0.236 e. The van der Waals surface area contributed by atoms with Gasteiger partial charge in [-0.3, -0.25) is 4.79 Å².